The second-order valence-electron chi connectivity index (χ2n) is 9.17. The largest absolute Gasteiger partial charge is 0.359 e. The highest BCUT2D eigenvalue weighted by molar-refractivity contribution is 5.83. The number of aryl methyl sites for hydroxylation is 2. The molecular weight excluding hydrogens is 394 g/mol. The molecule has 2 aromatic carbocycles. The van der Waals surface area contributed by atoms with Crippen molar-refractivity contribution in [3.8, 4) is 11.1 Å². The van der Waals surface area contributed by atoms with E-state index in [-0.39, 0.29) is 11.3 Å². The number of carbonyl (C=O) groups excluding carboxylic acids is 1. The highest BCUT2D eigenvalue weighted by Crippen LogP contribution is 2.36. The van der Waals surface area contributed by atoms with E-state index in [4.69, 9.17) is 0 Å². The van der Waals surface area contributed by atoms with Crippen molar-refractivity contribution in [1.82, 2.24) is 15.2 Å². The molecule has 1 aliphatic heterocycles. The van der Waals surface area contributed by atoms with Gasteiger partial charge in [-0.1, -0.05) is 48.5 Å². The SMILES string of the molecule is CNC(=O)C1(Cc2ccc(-c3cccnc3)cc2)CCN(Cc2ccc(C)c(C)c2)CC1. The molecular formula is C28H33N3O. The molecule has 4 rings (SSSR count). The Bertz CT molecular complexity index is 1050. The van der Waals surface area contributed by atoms with Crippen molar-refractivity contribution >= 4 is 5.91 Å². The Labute approximate surface area is 191 Å². The summed E-state index contributed by atoms with van der Waals surface area (Å²) in [7, 11) is 1.76. The number of hydrogen-bond donors (Lipinski definition) is 1. The van der Waals surface area contributed by atoms with Gasteiger partial charge in [-0.3, -0.25) is 14.7 Å². The molecule has 166 valence electrons. The molecule has 0 spiro atoms. The van der Waals surface area contributed by atoms with Gasteiger partial charge in [0.25, 0.3) is 0 Å². The van der Waals surface area contributed by atoms with E-state index in [2.05, 4.69) is 77.6 Å². The standard InChI is InChI=1S/C28H33N3O/c1-21-6-7-24(17-22(21)2)20-31-15-12-28(13-16-31,27(32)29-3)18-23-8-10-25(11-9-23)26-5-4-14-30-19-26/h4-11,14,17,19H,12-13,15-16,18,20H2,1-3H3,(H,29,32). The highest BCUT2D eigenvalue weighted by atomic mass is 16.2. The van der Waals surface area contributed by atoms with Crippen LogP contribution in [0.3, 0.4) is 0 Å². The zero-order chi connectivity index (χ0) is 22.6. The molecule has 0 radical (unpaired) electrons. The van der Waals surface area contributed by atoms with Gasteiger partial charge in [0.05, 0.1) is 5.41 Å². The van der Waals surface area contributed by atoms with Gasteiger partial charge in [0.1, 0.15) is 0 Å². The maximum absolute atomic E-state index is 13.0. The van der Waals surface area contributed by atoms with Crippen LogP contribution in [-0.4, -0.2) is 35.9 Å². The lowest BCUT2D eigenvalue weighted by atomic mass is 9.72. The zero-order valence-electron chi connectivity index (χ0n) is 19.4. The lowest BCUT2D eigenvalue weighted by Crippen LogP contribution is -2.49. The number of nitrogens with one attached hydrogen (secondary N) is 1. The first kappa shape index (κ1) is 22.2. The van der Waals surface area contributed by atoms with Crippen LogP contribution in [0, 0.1) is 19.3 Å². The maximum Gasteiger partial charge on any atom is 0.226 e. The zero-order valence-corrected chi connectivity index (χ0v) is 19.4. The van der Waals surface area contributed by atoms with Gasteiger partial charge in [0, 0.05) is 26.0 Å². The van der Waals surface area contributed by atoms with E-state index in [1.54, 1.807) is 13.2 Å². The van der Waals surface area contributed by atoms with Gasteiger partial charge in [-0.15, -0.1) is 0 Å². The number of nitrogens with zero attached hydrogens (tertiary/aromatic N) is 2. The van der Waals surface area contributed by atoms with Crippen LogP contribution in [-0.2, 0) is 17.8 Å². The summed E-state index contributed by atoms with van der Waals surface area (Å²) in [6.07, 6.45) is 6.20. The average Bonchev–Trinajstić information content (AvgIpc) is 2.83. The van der Waals surface area contributed by atoms with Crippen LogP contribution in [0.5, 0.6) is 0 Å². The molecule has 1 fully saturated rings. The Kier molecular flexibility index (Phi) is 6.71. The molecule has 0 unspecified atom stereocenters. The number of hydrogen-bond acceptors (Lipinski definition) is 3. The number of likely N-dealkylation sites (tertiary alicyclic amines) is 1. The lowest BCUT2D eigenvalue weighted by Gasteiger charge is -2.40. The van der Waals surface area contributed by atoms with Crippen molar-refractivity contribution < 1.29 is 4.79 Å². The van der Waals surface area contributed by atoms with Gasteiger partial charge >= 0.3 is 0 Å². The first-order valence-corrected chi connectivity index (χ1v) is 11.5. The summed E-state index contributed by atoms with van der Waals surface area (Å²) in [5, 5.41) is 2.95. The molecule has 1 N–H and O–H groups in total. The molecule has 1 amide bonds. The molecule has 1 saturated heterocycles. The second-order valence-corrected chi connectivity index (χ2v) is 9.17. The normalized spacial score (nSPS) is 16.0. The Morgan fingerprint density at radius 1 is 0.969 bits per heavy atom. The fraction of sp³-hybridized carbons (Fsp3) is 0.357. The molecule has 0 bridgehead atoms. The number of benzene rings is 2. The number of aromatic nitrogens is 1. The second kappa shape index (κ2) is 9.66. The van der Waals surface area contributed by atoms with Crippen LogP contribution in [0.1, 0.15) is 35.1 Å². The molecule has 4 heteroatoms. The van der Waals surface area contributed by atoms with Gasteiger partial charge < -0.3 is 5.32 Å². The predicted octanol–water partition coefficient (Wildman–Crippen LogP) is 4.94. The van der Waals surface area contributed by atoms with Gasteiger partial charge in [0.2, 0.25) is 5.91 Å². The minimum absolute atomic E-state index is 0.166. The van der Waals surface area contributed by atoms with Gasteiger partial charge in [-0.05, 0) is 85.6 Å². The summed E-state index contributed by atoms with van der Waals surface area (Å²) in [5.74, 6) is 0.166. The Hall–Kier alpha value is -2.98. The summed E-state index contributed by atoms with van der Waals surface area (Å²) in [6, 6.07) is 19.3. The van der Waals surface area contributed by atoms with Crippen LogP contribution in [0.25, 0.3) is 11.1 Å². The number of piperidine rings is 1. The number of amides is 1. The summed E-state index contributed by atoms with van der Waals surface area (Å²) >= 11 is 0. The van der Waals surface area contributed by atoms with Crippen LogP contribution < -0.4 is 5.32 Å². The number of pyridine rings is 1. The Balaban J connectivity index is 1.44. The predicted molar refractivity (Wildman–Crippen MR) is 130 cm³/mol. The molecule has 1 aliphatic rings. The third kappa shape index (κ3) is 4.91. The van der Waals surface area contributed by atoms with Crippen molar-refractivity contribution in [3.63, 3.8) is 0 Å². The fourth-order valence-corrected chi connectivity index (χ4v) is 4.79. The van der Waals surface area contributed by atoms with E-state index in [0.717, 1.165) is 50.0 Å². The van der Waals surface area contributed by atoms with E-state index < -0.39 is 0 Å². The van der Waals surface area contributed by atoms with Crippen molar-refractivity contribution in [2.24, 2.45) is 5.41 Å². The van der Waals surface area contributed by atoms with Gasteiger partial charge in [-0.25, -0.2) is 0 Å². The molecule has 32 heavy (non-hydrogen) atoms. The summed E-state index contributed by atoms with van der Waals surface area (Å²) < 4.78 is 0. The third-order valence-electron chi connectivity index (χ3n) is 6.99. The molecule has 0 aliphatic carbocycles. The molecule has 0 saturated carbocycles. The van der Waals surface area contributed by atoms with Crippen molar-refractivity contribution in [2.75, 3.05) is 20.1 Å². The minimum Gasteiger partial charge on any atom is -0.359 e. The molecule has 2 heterocycles. The van der Waals surface area contributed by atoms with Crippen molar-refractivity contribution in [1.29, 1.82) is 0 Å². The quantitative estimate of drug-likeness (QED) is 0.606. The average molecular weight is 428 g/mol. The topological polar surface area (TPSA) is 45.2 Å². The smallest absolute Gasteiger partial charge is 0.226 e. The lowest BCUT2D eigenvalue weighted by molar-refractivity contribution is -0.133. The van der Waals surface area contributed by atoms with Crippen LogP contribution >= 0.6 is 0 Å². The first-order chi connectivity index (χ1) is 15.5. The monoisotopic (exact) mass is 427 g/mol. The van der Waals surface area contributed by atoms with Gasteiger partial charge in [0.15, 0.2) is 0 Å². The number of carbonyl (C=O) groups is 1. The van der Waals surface area contributed by atoms with E-state index in [1.165, 1.54) is 22.3 Å². The molecule has 1 aromatic heterocycles. The third-order valence-corrected chi connectivity index (χ3v) is 6.99. The summed E-state index contributed by atoms with van der Waals surface area (Å²) in [4.78, 5) is 19.7. The molecule has 4 nitrogen and oxygen atoms in total. The van der Waals surface area contributed by atoms with Crippen LogP contribution in [0.4, 0.5) is 0 Å². The summed E-state index contributed by atoms with van der Waals surface area (Å²) in [6.45, 7) is 7.15. The maximum atomic E-state index is 13.0. The van der Waals surface area contributed by atoms with Crippen LogP contribution in [0.15, 0.2) is 67.0 Å². The van der Waals surface area contributed by atoms with Gasteiger partial charge in [-0.2, -0.15) is 0 Å². The van der Waals surface area contributed by atoms with Crippen LogP contribution in [0.2, 0.25) is 0 Å². The highest BCUT2D eigenvalue weighted by Gasteiger charge is 2.40. The summed E-state index contributed by atoms with van der Waals surface area (Å²) in [5.41, 5.74) is 7.16. The Morgan fingerprint density at radius 2 is 1.69 bits per heavy atom. The molecule has 3 aromatic rings. The minimum atomic E-state index is -0.343. The Morgan fingerprint density at radius 3 is 2.31 bits per heavy atom. The number of rotatable bonds is 6. The molecule has 0 atom stereocenters. The first-order valence-electron chi connectivity index (χ1n) is 11.5. The van der Waals surface area contributed by atoms with E-state index in [0.29, 0.717) is 0 Å². The van der Waals surface area contributed by atoms with Crippen molar-refractivity contribution in [2.45, 2.75) is 39.7 Å². The van der Waals surface area contributed by atoms with E-state index in [1.807, 2.05) is 12.3 Å². The fourth-order valence-electron chi connectivity index (χ4n) is 4.79. The van der Waals surface area contributed by atoms with E-state index in [9.17, 15) is 4.79 Å². The van der Waals surface area contributed by atoms with Crippen molar-refractivity contribution in [3.05, 3.63) is 89.2 Å². The van der Waals surface area contributed by atoms with E-state index >= 15 is 0 Å².